The van der Waals surface area contributed by atoms with E-state index >= 15 is 0 Å². The lowest BCUT2D eigenvalue weighted by molar-refractivity contribution is 0.213. The summed E-state index contributed by atoms with van der Waals surface area (Å²) in [5.41, 5.74) is 9.68. The summed E-state index contributed by atoms with van der Waals surface area (Å²) in [5, 5.41) is 4.12. The molecule has 0 saturated carbocycles. The highest BCUT2D eigenvalue weighted by Gasteiger charge is 2.27. The van der Waals surface area contributed by atoms with Crippen molar-refractivity contribution in [2.75, 3.05) is 12.0 Å². The third-order valence-corrected chi connectivity index (χ3v) is 3.47. The highest BCUT2D eigenvalue weighted by Crippen LogP contribution is 2.35. The largest absolute Gasteiger partial charge is 0.399 e. The Bertz CT molecular complexity index is 725. The molecule has 0 atom stereocenters. The van der Waals surface area contributed by atoms with Crippen LogP contribution in [0.25, 0.3) is 0 Å². The second-order valence-electron chi connectivity index (χ2n) is 4.72. The normalized spacial score (nSPS) is 15.1. The van der Waals surface area contributed by atoms with Crippen molar-refractivity contribution in [1.82, 2.24) is 0 Å². The molecule has 0 fully saturated rings. The molecule has 2 amide bonds. The lowest BCUT2D eigenvalue weighted by Gasteiger charge is -2.22. The minimum absolute atomic E-state index is 0.520. The number of benzene rings is 2. The van der Waals surface area contributed by atoms with Gasteiger partial charge in [0.05, 0.1) is 17.1 Å². The van der Waals surface area contributed by atoms with Gasteiger partial charge in [0.1, 0.15) is 7.11 Å². The van der Waals surface area contributed by atoms with Crippen molar-refractivity contribution in [2.24, 2.45) is 10.9 Å². The number of hydrogen-bond acceptors (Lipinski definition) is 3. The molecular weight excluding hydrogens is 266 g/mol. The fourth-order valence-electron chi connectivity index (χ4n) is 2.63. The Kier molecular flexibility index (Phi) is 3.31. The van der Waals surface area contributed by atoms with Crippen LogP contribution in [0, 0.1) is 0 Å². The second-order valence-corrected chi connectivity index (χ2v) is 4.72. The molecule has 2 aromatic carbocycles. The number of primary amides is 1. The summed E-state index contributed by atoms with van der Waals surface area (Å²) in [6.07, 6.45) is 0.574. The van der Waals surface area contributed by atoms with Crippen molar-refractivity contribution in [3.05, 3.63) is 59.7 Å². The number of carbonyl (C=O) groups is 1. The number of amides is 2. The van der Waals surface area contributed by atoms with Crippen LogP contribution in [0.3, 0.4) is 0 Å². The molecule has 0 radical (unpaired) electrons. The predicted molar refractivity (Wildman–Crippen MR) is 81.9 cm³/mol. The molecule has 2 aromatic rings. The Morgan fingerprint density at radius 1 is 1.14 bits per heavy atom. The van der Waals surface area contributed by atoms with E-state index in [0.717, 1.165) is 22.5 Å². The van der Waals surface area contributed by atoms with Gasteiger partial charge in [0.25, 0.3) is 0 Å². The van der Waals surface area contributed by atoms with Crippen LogP contribution < -0.4 is 10.6 Å². The first kappa shape index (κ1) is 13.2. The highest BCUT2D eigenvalue weighted by atomic mass is 16.6. The van der Waals surface area contributed by atoms with Crippen LogP contribution in [0.15, 0.2) is 53.7 Å². The summed E-state index contributed by atoms with van der Waals surface area (Å²) in [6, 6.07) is 14.7. The number of rotatable bonds is 1. The topological polar surface area (TPSA) is 67.9 Å². The molecule has 21 heavy (non-hydrogen) atoms. The first-order chi connectivity index (χ1) is 10.2. The van der Waals surface area contributed by atoms with Gasteiger partial charge >= 0.3 is 6.03 Å². The Morgan fingerprint density at radius 2 is 1.81 bits per heavy atom. The van der Waals surface area contributed by atoms with Crippen LogP contribution in [0.5, 0.6) is 0 Å². The Morgan fingerprint density at radius 3 is 2.52 bits per heavy atom. The summed E-state index contributed by atoms with van der Waals surface area (Å²) in [5.74, 6) is 0. The van der Waals surface area contributed by atoms with Crippen LogP contribution in [-0.2, 0) is 11.3 Å². The maximum absolute atomic E-state index is 12.0. The first-order valence-corrected chi connectivity index (χ1v) is 6.59. The molecule has 3 rings (SSSR count). The van der Waals surface area contributed by atoms with Crippen molar-refractivity contribution in [2.45, 2.75) is 6.42 Å². The van der Waals surface area contributed by atoms with E-state index in [1.54, 1.807) is 0 Å². The summed E-state index contributed by atoms with van der Waals surface area (Å²) in [7, 11) is 1.51. The van der Waals surface area contributed by atoms with Crippen LogP contribution in [-0.4, -0.2) is 18.9 Å². The van der Waals surface area contributed by atoms with E-state index in [1.165, 1.54) is 12.0 Å². The van der Waals surface area contributed by atoms with Gasteiger partial charge in [0.15, 0.2) is 0 Å². The van der Waals surface area contributed by atoms with Gasteiger partial charge in [-0.2, -0.15) is 0 Å². The van der Waals surface area contributed by atoms with Gasteiger partial charge in [-0.1, -0.05) is 41.6 Å². The lowest BCUT2D eigenvalue weighted by Crippen LogP contribution is -2.32. The number of nitrogens with two attached hydrogens (primary N) is 1. The molecule has 0 aliphatic carbocycles. The third-order valence-electron chi connectivity index (χ3n) is 3.47. The SMILES string of the molecule is CO/N=C1\Cc2ccccc2N(C(N)=O)c2ccccc21. The maximum atomic E-state index is 12.0. The summed E-state index contributed by atoms with van der Waals surface area (Å²) in [4.78, 5) is 18.4. The Hall–Kier alpha value is -2.82. The number of nitrogens with zero attached hydrogens (tertiary/aromatic N) is 2. The lowest BCUT2D eigenvalue weighted by atomic mass is 10.0. The summed E-state index contributed by atoms with van der Waals surface area (Å²) in [6.45, 7) is 0. The van der Waals surface area contributed by atoms with E-state index in [1.807, 2.05) is 48.5 Å². The first-order valence-electron chi connectivity index (χ1n) is 6.59. The van der Waals surface area contributed by atoms with Crippen molar-refractivity contribution < 1.29 is 9.63 Å². The molecule has 0 bridgehead atoms. The van der Waals surface area contributed by atoms with Gasteiger partial charge < -0.3 is 10.6 Å². The van der Waals surface area contributed by atoms with Gasteiger partial charge in [-0.25, -0.2) is 4.79 Å². The van der Waals surface area contributed by atoms with E-state index in [4.69, 9.17) is 10.6 Å². The van der Waals surface area contributed by atoms with Crippen LogP contribution >= 0.6 is 0 Å². The second kappa shape index (κ2) is 5.28. The zero-order valence-electron chi connectivity index (χ0n) is 11.6. The fourth-order valence-corrected chi connectivity index (χ4v) is 2.63. The van der Waals surface area contributed by atoms with Gasteiger partial charge in [0, 0.05) is 12.0 Å². The number of hydrogen-bond donors (Lipinski definition) is 1. The monoisotopic (exact) mass is 281 g/mol. The van der Waals surface area contributed by atoms with Crippen LogP contribution in [0.1, 0.15) is 11.1 Å². The van der Waals surface area contributed by atoms with E-state index < -0.39 is 6.03 Å². The number of anilines is 2. The van der Waals surface area contributed by atoms with E-state index in [-0.39, 0.29) is 0 Å². The molecule has 5 heteroatoms. The fraction of sp³-hybridized carbons (Fsp3) is 0.125. The quantitative estimate of drug-likeness (QED) is 0.817. The van der Waals surface area contributed by atoms with Gasteiger partial charge in [-0.05, 0) is 17.7 Å². The zero-order valence-corrected chi connectivity index (χ0v) is 11.6. The molecule has 1 aliphatic heterocycles. The average molecular weight is 281 g/mol. The van der Waals surface area contributed by atoms with Crippen molar-refractivity contribution in [3.63, 3.8) is 0 Å². The standard InChI is InChI=1S/C16H15N3O2/c1-21-18-13-10-11-6-2-4-8-14(11)19(16(17)20)15-9-5-3-7-12(13)15/h2-9H,10H2,1H3,(H2,17,20)/b18-13+. The predicted octanol–water partition coefficient (Wildman–Crippen LogP) is 2.81. The maximum Gasteiger partial charge on any atom is 0.323 e. The Labute approximate surface area is 122 Å². The van der Waals surface area contributed by atoms with Crippen molar-refractivity contribution in [1.29, 1.82) is 0 Å². The highest BCUT2D eigenvalue weighted by molar-refractivity contribution is 6.13. The smallest absolute Gasteiger partial charge is 0.323 e. The third kappa shape index (κ3) is 2.23. The summed E-state index contributed by atoms with van der Waals surface area (Å²) < 4.78 is 0. The van der Waals surface area contributed by atoms with E-state index in [0.29, 0.717) is 12.1 Å². The van der Waals surface area contributed by atoms with Gasteiger partial charge in [-0.3, -0.25) is 4.90 Å². The van der Waals surface area contributed by atoms with Crippen LogP contribution in [0.2, 0.25) is 0 Å². The molecular formula is C16H15N3O2. The molecule has 106 valence electrons. The number of oxime groups is 1. The molecule has 2 N–H and O–H groups in total. The number of carbonyl (C=O) groups excluding carboxylic acids is 1. The molecule has 0 spiro atoms. The van der Waals surface area contributed by atoms with E-state index in [2.05, 4.69) is 5.16 Å². The molecule has 0 unspecified atom stereocenters. The molecule has 5 nitrogen and oxygen atoms in total. The Balaban J connectivity index is 2.31. The molecule has 0 aromatic heterocycles. The van der Waals surface area contributed by atoms with Crippen molar-refractivity contribution in [3.8, 4) is 0 Å². The summed E-state index contributed by atoms with van der Waals surface area (Å²) >= 11 is 0. The molecule has 1 aliphatic rings. The number of urea groups is 1. The zero-order chi connectivity index (χ0) is 14.8. The molecule has 1 heterocycles. The van der Waals surface area contributed by atoms with Gasteiger partial charge in [-0.15, -0.1) is 0 Å². The van der Waals surface area contributed by atoms with Crippen LogP contribution in [0.4, 0.5) is 16.2 Å². The number of para-hydroxylation sites is 2. The average Bonchev–Trinajstić information content (AvgIpc) is 2.62. The van der Waals surface area contributed by atoms with Crippen molar-refractivity contribution >= 4 is 23.1 Å². The van der Waals surface area contributed by atoms with Gasteiger partial charge in [0.2, 0.25) is 0 Å². The minimum Gasteiger partial charge on any atom is -0.399 e. The number of fused-ring (bicyclic) bond motifs is 2. The molecule has 0 saturated heterocycles. The van der Waals surface area contributed by atoms with E-state index in [9.17, 15) is 4.79 Å². The minimum atomic E-state index is -0.520.